The van der Waals surface area contributed by atoms with Gasteiger partial charge in [-0.1, -0.05) is 13.3 Å². The number of carbonyl (C=O) groups is 1. The summed E-state index contributed by atoms with van der Waals surface area (Å²) in [5.41, 5.74) is 8.53. The van der Waals surface area contributed by atoms with Gasteiger partial charge in [0, 0.05) is 12.6 Å². The van der Waals surface area contributed by atoms with Gasteiger partial charge in [-0.15, -0.1) is 0 Å². The zero-order valence-corrected chi connectivity index (χ0v) is 14.9. The minimum Gasteiger partial charge on any atom is -0.466 e. The second-order valence-corrected chi connectivity index (χ2v) is 6.89. The Hall–Kier alpha value is -2.15. The Morgan fingerprint density at radius 1 is 1.52 bits per heavy atom. The van der Waals surface area contributed by atoms with Crippen molar-refractivity contribution in [2.75, 3.05) is 6.61 Å². The van der Waals surface area contributed by atoms with Crippen LogP contribution in [0.1, 0.15) is 45.7 Å². The molecule has 1 saturated carbocycles. The van der Waals surface area contributed by atoms with Gasteiger partial charge in [0.1, 0.15) is 5.49 Å². The summed E-state index contributed by atoms with van der Waals surface area (Å²) < 4.78 is 6.96. The molecule has 1 aliphatic carbocycles. The number of hydrogen-bond donors (Lipinski definition) is 3. The van der Waals surface area contributed by atoms with Crippen LogP contribution in [0.2, 0.25) is 0 Å². The molecule has 4 N–H and O–H groups in total. The van der Waals surface area contributed by atoms with Crippen LogP contribution in [-0.4, -0.2) is 27.1 Å². The molecule has 0 bridgehead atoms. The van der Waals surface area contributed by atoms with Crippen molar-refractivity contribution in [1.82, 2.24) is 14.5 Å². The van der Waals surface area contributed by atoms with Crippen molar-refractivity contribution in [2.24, 2.45) is 23.5 Å². The highest BCUT2D eigenvalue weighted by molar-refractivity contribution is 5.70. The summed E-state index contributed by atoms with van der Waals surface area (Å²) in [5.74, 6) is 0.864. The number of nitrogens with one attached hydrogen (secondary N) is 2. The highest BCUT2D eigenvalue weighted by Crippen LogP contribution is 2.44. The van der Waals surface area contributed by atoms with Gasteiger partial charge in [-0.25, -0.2) is 4.98 Å². The molecule has 136 valence electrons. The lowest BCUT2D eigenvalue weighted by atomic mass is 9.91. The monoisotopic (exact) mass is 345 g/mol. The van der Waals surface area contributed by atoms with Gasteiger partial charge in [-0.05, 0) is 43.6 Å². The Kier molecular flexibility index (Phi) is 5.22. The summed E-state index contributed by atoms with van der Waals surface area (Å²) >= 11 is 0. The molecule has 1 unspecified atom stereocenters. The molecule has 1 aliphatic rings. The molecule has 25 heavy (non-hydrogen) atoms. The van der Waals surface area contributed by atoms with E-state index in [9.17, 15) is 4.79 Å². The molecule has 3 rings (SSSR count). The first-order chi connectivity index (χ1) is 12.0. The first kappa shape index (κ1) is 17.7. The number of nitrogens with zero attached hydrogens (tertiary/aromatic N) is 2. The van der Waals surface area contributed by atoms with Crippen LogP contribution in [0.25, 0.3) is 11.2 Å². The van der Waals surface area contributed by atoms with E-state index >= 15 is 0 Å². The molecular weight excluding hydrogens is 318 g/mol. The van der Waals surface area contributed by atoms with Gasteiger partial charge in [0.25, 0.3) is 0 Å². The molecule has 0 aliphatic heterocycles. The van der Waals surface area contributed by atoms with E-state index in [-0.39, 0.29) is 18.1 Å². The van der Waals surface area contributed by atoms with Crippen molar-refractivity contribution in [1.29, 1.82) is 5.41 Å². The van der Waals surface area contributed by atoms with Crippen molar-refractivity contribution in [3.63, 3.8) is 0 Å². The molecule has 0 radical (unpaired) electrons. The molecule has 2 heterocycles. The van der Waals surface area contributed by atoms with Gasteiger partial charge in [0.2, 0.25) is 0 Å². The summed E-state index contributed by atoms with van der Waals surface area (Å²) in [6, 6.07) is 1.91. The number of hydrogen-bond acceptors (Lipinski definition) is 5. The van der Waals surface area contributed by atoms with E-state index in [4.69, 9.17) is 15.9 Å². The zero-order valence-electron chi connectivity index (χ0n) is 14.9. The average Bonchev–Trinajstić information content (AvgIpc) is 3.20. The van der Waals surface area contributed by atoms with Gasteiger partial charge in [-0.2, -0.15) is 0 Å². The Labute approximate surface area is 147 Å². The summed E-state index contributed by atoms with van der Waals surface area (Å²) in [6.07, 6.45) is 6.41. The molecule has 7 nitrogen and oxygen atoms in total. The number of rotatable bonds is 6. The largest absolute Gasteiger partial charge is 0.466 e. The third-order valence-electron chi connectivity index (χ3n) is 5.41. The molecule has 4 atom stereocenters. The van der Waals surface area contributed by atoms with E-state index in [1.807, 2.05) is 23.8 Å². The highest BCUT2D eigenvalue weighted by Gasteiger charge is 2.38. The SMILES string of the molecule is CCOC(=O)C[C@H]1C[C@@H](CC)[C@@H](C(N)n2c(=N)cnc3[nH]ccc32)C1. The Morgan fingerprint density at radius 3 is 3.04 bits per heavy atom. The number of H-pyrrole nitrogens is 1. The van der Waals surface area contributed by atoms with Crippen molar-refractivity contribution < 1.29 is 9.53 Å². The van der Waals surface area contributed by atoms with Crippen LogP contribution in [-0.2, 0) is 9.53 Å². The molecule has 1 fully saturated rings. The third kappa shape index (κ3) is 3.46. The Morgan fingerprint density at radius 2 is 2.32 bits per heavy atom. The van der Waals surface area contributed by atoms with E-state index in [0.29, 0.717) is 30.4 Å². The summed E-state index contributed by atoms with van der Waals surface area (Å²) in [4.78, 5) is 19.2. The van der Waals surface area contributed by atoms with Gasteiger partial charge in [-0.3, -0.25) is 10.2 Å². The quantitative estimate of drug-likeness (QED) is 0.698. The predicted octanol–water partition coefficient (Wildman–Crippen LogP) is 2.31. The molecular formula is C18H27N5O2. The van der Waals surface area contributed by atoms with Crippen LogP contribution in [0.3, 0.4) is 0 Å². The maximum Gasteiger partial charge on any atom is 0.306 e. The average molecular weight is 345 g/mol. The normalized spacial score (nSPS) is 24.5. The summed E-state index contributed by atoms with van der Waals surface area (Å²) in [7, 11) is 0. The molecule has 7 heteroatoms. The number of aromatic nitrogens is 3. The molecule has 0 aromatic carbocycles. The number of nitrogens with two attached hydrogens (primary N) is 1. The molecule has 0 saturated heterocycles. The smallest absolute Gasteiger partial charge is 0.306 e. The van der Waals surface area contributed by atoms with Crippen LogP contribution in [0.4, 0.5) is 0 Å². The second kappa shape index (κ2) is 7.39. The van der Waals surface area contributed by atoms with Crippen molar-refractivity contribution in [3.8, 4) is 0 Å². The number of carbonyl (C=O) groups excluding carboxylic acids is 1. The number of esters is 1. The van der Waals surface area contributed by atoms with Crippen molar-refractivity contribution in [2.45, 2.75) is 45.7 Å². The standard InChI is InChI=1S/C18H27N5O2/c1-3-12-7-11(9-16(24)25-4-2)8-13(12)17(20)23-14-5-6-21-18(14)22-10-15(23)19/h5-6,10-13,17,19,21H,3-4,7-9,20H2,1-2H3/t11-,12+,13-,17?/m0/s1. The number of ether oxygens (including phenoxy) is 1. The minimum atomic E-state index is -0.300. The maximum absolute atomic E-state index is 11.8. The third-order valence-corrected chi connectivity index (χ3v) is 5.41. The van der Waals surface area contributed by atoms with E-state index in [0.717, 1.165) is 30.4 Å². The fourth-order valence-corrected chi connectivity index (χ4v) is 4.27. The number of fused-ring (bicyclic) bond motifs is 1. The van der Waals surface area contributed by atoms with Crippen LogP contribution < -0.4 is 11.2 Å². The zero-order chi connectivity index (χ0) is 18.0. The van der Waals surface area contributed by atoms with Gasteiger partial charge < -0.3 is 20.0 Å². The highest BCUT2D eigenvalue weighted by atomic mass is 16.5. The van der Waals surface area contributed by atoms with Crippen molar-refractivity contribution in [3.05, 3.63) is 23.9 Å². The van der Waals surface area contributed by atoms with Gasteiger partial charge in [0.15, 0.2) is 5.65 Å². The number of aromatic amines is 1. The topological polar surface area (TPSA) is 110 Å². The molecule has 0 spiro atoms. The fourth-order valence-electron chi connectivity index (χ4n) is 4.27. The molecule has 2 aromatic rings. The lowest BCUT2D eigenvalue weighted by molar-refractivity contribution is -0.144. The van der Waals surface area contributed by atoms with Crippen LogP contribution in [0, 0.1) is 23.2 Å². The molecule has 2 aromatic heterocycles. The van der Waals surface area contributed by atoms with E-state index in [2.05, 4.69) is 16.9 Å². The first-order valence-electron chi connectivity index (χ1n) is 9.05. The predicted molar refractivity (Wildman–Crippen MR) is 94.4 cm³/mol. The van der Waals surface area contributed by atoms with Crippen molar-refractivity contribution >= 4 is 17.1 Å². The van der Waals surface area contributed by atoms with Gasteiger partial charge >= 0.3 is 5.97 Å². The van der Waals surface area contributed by atoms with Gasteiger partial charge in [0.05, 0.1) is 24.5 Å². The molecule has 0 amide bonds. The first-order valence-corrected chi connectivity index (χ1v) is 9.05. The Bertz CT molecular complexity index is 796. The van der Waals surface area contributed by atoms with E-state index in [1.165, 1.54) is 6.20 Å². The van der Waals surface area contributed by atoms with E-state index < -0.39 is 0 Å². The summed E-state index contributed by atoms with van der Waals surface area (Å²) in [5, 5.41) is 8.26. The fraction of sp³-hybridized carbons (Fsp3) is 0.611. The van der Waals surface area contributed by atoms with E-state index in [1.54, 1.807) is 0 Å². The van der Waals surface area contributed by atoms with Crippen LogP contribution in [0.15, 0.2) is 18.5 Å². The maximum atomic E-state index is 11.8. The minimum absolute atomic E-state index is 0.123. The summed E-state index contributed by atoms with van der Waals surface area (Å²) in [6.45, 7) is 4.42. The van der Waals surface area contributed by atoms with Crippen LogP contribution in [0.5, 0.6) is 0 Å². The lowest BCUT2D eigenvalue weighted by Gasteiger charge is -2.27. The van der Waals surface area contributed by atoms with Crippen LogP contribution >= 0.6 is 0 Å². The second-order valence-electron chi connectivity index (χ2n) is 6.89. The lowest BCUT2D eigenvalue weighted by Crippen LogP contribution is -2.37. The Balaban J connectivity index is 1.84.